The van der Waals surface area contributed by atoms with Crippen LogP contribution in [0.1, 0.15) is 25.7 Å². The summed E-state index contributed by atoms with van der Waals surface area (Å²) >= 11 is 0. The molecule has 9 heavy (non-hydrogen) atoms. The van der Waals surface area contributed by atoms with Crippen molar-refractivity contribution in [2.24, 2.45) is 0 Å². The summed E-state index contributed by atoms with van der Waals surface area (Å²) in [4.78, 5) is 20.9. The van der Waals surface area contributed by atoms with Gasteiger partial charge in [-0.2, -0.15) is 0 Å². The van der Waals surface area contributed by atoms with Gasteiger partial charge in [0, 0.05) is 12.8 Å². The first-order valence-electron chi connectivity index (χ1n) is 2.82. The van der Waals surface area contributed by atoms with Crippen LogP contribution in [-0.4, -0.2) is 11.6 Å². The van der Waals surface area contributed by atoms with E-state index in [1.807, 2.05) is 0 Å². The molecule has 0 N–H and O–H groups in total. The van der Waals surface area contributed by atoms with Gasteiger partial charge in [0.25, 0.3) is 0 Å². The van der Waals surface area contributed by atoms with E-state index >= 15 is 0 Å². The summed E-state index contributed by atoms with van der Waals surface area (Å²) in [6.07, 6.45) is 2.20. The molecule has 1 rings (SSSR count). The summed E-state index contributed by atoms with van der Waals surface area (Å²) in [6.45, 7) is 0. The van der Waals surface area contributed by atoms with E-state index in [9.17, 15) is 9.59 Å². The topological polar surface area (TPSA) is 34.1 Å². The summed E-state index contributed by atoms with van der Waals surface area (Å²) in [5.74, 6) is 0.225. The van der Waals surface area contributed by atoms with Crippen LogP contribution in [0.15, 0.2) is 0 Å². The zero-order valence-electron chi connectivity index (χ0n) is 5.64. The molecule has 1 fully saturated rings. The van der Waals surface area contributed by atoms with Gasteiger partial charge < -0.3 is 0 Å². The van der Waals surface area contributed by atoms with Crippen LogP contribution >= 0.6 is 0 Å². The third-order valence-corrected chi connectivity index (χ3v) is 1.31. The fourth-order valence-electron chi connectivity index (χ4n) is 0.879. The molecule has 0 aromatic rings. The summed E-state index contributed by atoms with van der Waals surface area (Å²) in [5, 5.41) is 0. The first-order valence-corrected chi connectivity index (χ1v) is 2.82. The van der Waals surface area contributed by atoms with E-state index in [-0.39, 0.29) is 47.5 Å². The molecule has 2 nitrogen and oxygen atoms in total. The van der Waals surface area contributed by atoms with Crippen LogP contribution in [-0.2, 0) is 9.59 Å². The van der Waals surface area contributed by atoms with Gasteiger partial charge >= 0.3 is 29.6 Å². The number of rotatable bonds is 0. The minimum absolute atomic E-state index is 0. The standard InChI is InChI=1S/C6H8O2.Na/c7-5-2-1-3-6(8)4-5;/h1-4H2;/q;+1. The number of carbonyl (C=O) groups excluding carboxylic acids is 2. The Kier molecular flexibility index (Phi) is 4.36. The Bertz CT molecular complexity index is 117. The molecule has 1 saturated carbocycles. The predicted octanol–water partition coefficient (Wildman–Crippen LogP) is -2.30. The van der Waals surface area contributed by atoms with Crippen molar-refractivity contribution in [1.82, 2.24) is 0 Å². The molecule has 0 saturated heterocycles. The van der Waals surface area contributed by atoms with Gasteiger partial charge in [0.05, 0.1) is 6.42 Å². The number of carbonyl (C=O) groups is 2. The maximum absolute atomic E-state index is 10.5. The molecule has 0 atom stereocenters. The minimum Gasteiger partial charge on any atom is -0.299 e. The normalized spacial score (nSPS) is 19.1. The van der Waals surface area contributed by atoms with Gasteiger partial charge in [-0.1, -0.05) is 0 Å². The molecule has 0 amide bonds. The van der Waals surface area contributed by atoms with Crippen molar-refractivity contribution >= 4 is 11.6 Å². The first kappa shape index (κ1) is 9.34. The monoisotopic (exact) mass is 135 g/mol. The van der Waals surface area contributed by atoms with E-state index in [4.69, 9.17) is 0 Å². The van der Waals surface area contributed by atoms with Crippen molar-refractivity contribution in [1.29, 1.82) is 0 Å². The van der Waals surface area contributed by atoms with Crippen molar-refractivity contribution in [2.75, 3.05) is 0 Å². The maximum atomic E-state index is 10.5. The SMILES string of the molecule is O=C1CCCC(=O)C1.[Na+]. The smallest absolute Gasteiger partial charge is 0.299 e. The molecule has 0 bridgehead atoms. The van der Waals surface area contributed by atoms with Gasteiger partial charge in [-0.15, -0.1) is 0 Å². The van der Waals surface area contributed by atoms with E-state index in [0.29, 0.717) is 12.8 Å². The van der Waals surface area contributed by atoms with Crippen LogP contribution in [0.2, 0.25) is 0 Å². The fraction of sp³-hybridized carbons (Fsp3) is 0.667. The molecule has 44 valence electrons. The molecule has 0 spiro atoms. The Morgan fingerprint density at radius 2 is 1.44 bits per heavy atom. The molecular weight excluding hydrogens is 127 g/mol. The molecule has 3 heteroatoms. The van der Waals surface area contributed by atoms with Gasteiger partial charge in [-0.25, -0.2) is 0 Å². The third-order valence-electron chi connectivity index (χ3n) is 1.31. The Hall–Kier alpha value is 0.340. The van der Waals surface area contributed by atoms with Crippen LogP contribution in [0.3, 0.4) is 0 Å². The average molecular weight is 135 g/mol. The number of ketones is 2. The zero-order valence-corrected chi connectivity index (χ0v) is 7.64. The van der Waals surface area contributed by atoms with Crippen LogP contribution in [0, 0.1) is 0 Å². The second kappa shape index (κ2) is 4.20. The molecular formula is C6H8NaO2+. The largest absolute Gasteiger partial charge is 1.00 e. The second-order valence-electron chi connectivity index (χ2n) is 2.11. The van der Waals surface area contributed by atoms with Crippen LogP contribution in [0.5, 0.6) is 0 Å². The minimum atomic E-state index is 0. The molecule has 0 unspecified atom stereocenters. The fourth-order valence-corrected chi connectivity index (χ4v) is 0.879. The molecule has 0 aromatic heterocycles. The predicted molar refractivity (Wildman–Crippen MR) is 28.5 cm³/mol. The molecule has 0 radical (unpaired) electrons. The number of hydrogen-bond donors (Lipinski definition) is 0. The van der Waals surface area contributed by atoms with Crippen molar-refractivity contribution < 1.29 is 39.1 Å². The van der Waals surface area contributed by atoms with Gasteiger partial charge in [-0.3, -0.25) is 9.59 Å². The third kappa shape index (κ3) is 3.14. The first-order chi connectivity index (χ1) is 3.79. The Balaban J connectivity index is 0.000000640. The summed E-state index contributed by atoms with van der Waals surface area (Å²) in [6, 6.07) is 0. The molecule has 0 heterocycles. The van der Waals surface area contributed by atoms with Gasteiger partial charge in [0.1, 0.15) is 11.6 Å². The van der Waals surface area contributed by atoms with Crippen molar-refractivity contribution in [3.05, 3.63) is 0 Å². The average Bonchev–Trinajstić information content (AvgIpc) is 1.64. The number of Topliss-reactive ketones (excluding diaryl/α,β-unsaturated/α-hetero) is 2. The Morgan fingerprint density at radius 3 is 1.67 bits per heavy atom. The van der Waals surface area contributed by atoms with Crippen molar-refractivity contribution in [3.63, 3.8) is 0 Å². The van der Waals surface area contributed by atoms with E-state index in [0.717, 1.165) is 6.42 Å². The summed E-state index contributed by atoms with van der Waals surface area (Å²) in [7, 11) is 0. The Labute approximate surface area is 76.3 Å². The van der Waals surface area contributed by atoms with Crippen molar-refractivity contribution in [3.8, 4) is 0 Å². The number of hydrogen-bond acceptors (Lipinski definition) is 2. The van der Waals surface area contributed by atoms with E-state index in [2.05, 4.69) is 0 Å². The molecule has 0 aromatic carbocycles. The van der Waals surface area contributed by atoms with E-state index in [1.54, 1.807) is 0 Å². The second-order valence-corrected chi connectivity index (χ2v) is 2.11. The quantitative estimate of drug-likeness (QED) is 0.276. The molecule has 1 aliphatic rings. The summed E-state index contributed by atoms with van der Waals surface area (Å²) in [5.41, 5.74) is 0. The van der Waals surface area contributed by atoms with Crippen LogP contribution in [0.4, 0.5) is 0 Å². The maximum Gasteiger partial charge on any atom is 1.00 e. The summed E-state index contributed by atoms with van der Waals surface area (Å²) < 4.78 is 0. The zero-order chi connectivity index (χ0) is 5.98. The van der Waals surface area contributed by atoms with Crippen LogP contribution < -0.4 is 29.6 Å². The van der Waals surface area contributed by atoms with E-state index < -0.39 is 0 Å². The van der Waals surface area contributed by atoms with Gasteiger partial charge in [0.15, 0.2) is 0 Å². The Morgan fingerprint density at radius 1 is 1.00 bits per heavy atom. The van der Waals surface area contributed by atoms with Gasteiger partial charge in [0.2, 0.25) is 0 Å². The van der Waals surface area contributed by atoms with Crippen LogP contribution in [0.25, 0.3) is 0 Å². The van der Waals surface area contributed by atoms with Crippen molar-refractivity contribution in [2.45, 2.75) is 25.7 Å². The van der Waals surface area contributed by atoms with Gasteiger partial charge in [-0.05, 0) is 6.42 Å². The molecule has 0 aliphatic heterocycles. The molecule has 1 aliphatic carbocycles. The van der Waals surface area contributed by atoms with E-state index in [1.165, 1.54) is 0 Å².